The number of carbonyl (C=O) groups is 2. The highest BCUT2D eigenvalue weighted by molar-refractivity contribution is 6.20. The molecule has 1 aliphatic heterocycles. The molecule has 2 aliphatic rings. The van der Waals surface area contributed by atoms with Crippen molar-refractivity contribution < 1.29 is 9.59 Å². The molecule has 1 aromatic rings. The van der Waals surface area contributed by atoms with Crippen LogP contribution in [0.15, 0.2) is 59.2 Å². The summed E-state index contributed by atoms with van der Waals surface area (Å²) in [5.41, 5.74) is 1.88. The van der Waals surface area contributed by atoms with E-state index in [0.29, 0.717) is 17.0 Å². The molecule has 3 rings (SSSR count). The lowest BCUT2D eigenvalue weighted by atomic mass is 9.92. The molecular weight excluding hydrogens is 228 g/mol. The number of Topliss-reactive ketones (excluding diaryl/α,β-unsaturated/α-hetero) is 1. The highest BCUT2D eigenvalue weighted by Gasteiger charge is 2.25. The number of ketones is 1. The zero-order valence-corrected chi connectivity index (χ0v) is 9.46. The number of carbonyl (C=O) groups excluding carboxylic acids is 2. The number of hydrogen-bond acceptors (Lipinski definition) is 2. The second kappa shape index (κ2) is 4.07. The average molecular weight is 238 g/mol. The molecule has 0 aromatic heterocycles. The molecule has 1 unspecified atom stereocenters. The fraction of sp³-hybridized carbons (Fsp3) is 0.0714. The van der Waals surface area contributed by atoms with E-state index in [1.165, 1.54) is 0 Å². The van der Waals surface area contributed by atoms with Crippen molar-refractivity contribution >= 4 is 17.5 Å². The van der Waals surface area contributed by atoms with Crippen LogP contribution in [0.5, 0.6) is 0 Å². The minimum Gasteiger partial charge on any atom is -0.304 e. The van der Waals surface area contributed by atoms with Crippen molar-refractivity contribution in [1.29, 1.82) is 0 Å². The van der Waals surface area contributed by atoms with E-state index in [2.05, 4.69) is 10.3 Å². The highest BCUT2D eigenvalue weighted by atomic mass is 16.2. The number of nitrogens with zero attached hydrogens (tertiary/aromatic N) is 1. The Balaban J connectivity index is 1.88. The molecule has 88 valence electrons. The van der Waals surface area contributed by atoms with E-state index in [9.17, 15) is 9.59 Å². The summed E-state index contributed by atoms with van der Waals surface area (Å²) in [6, 6.07) is 8.72. The van der Waals surface area contributed by atoms with Crippen LogP contribution in [-0.2, 0) is 0 Å². The number of hydrogen-bond donors (Lipinski definition) is 1. The Morgan fingerprint density at radius 1 is 1.22 bits per heavy atom. The van der Waals surface area contributed by atoms with Gasteiger partial charge in [-0.3, -0.25) is 4.79 Å². The number of rotatable bonds is 2. The maximum absolute atomic E-state index is 12.2. The number of aliphatic imine (C=N–C) groups is 1. The lowest BCUT2D eigenvalue weighted by Gasteiger charge is -2.12. The van der Waals surface area contributed by atoms with Crippen LogP contribution in [-0.4, -0.2) is 17.5 Å². The Morgan fingerprint density at radius 3 is 2.78 bits per heavy atom. The predicted molar refractivity (Wildman–Crippen MR) is 67.5 cm³/mol. The monoisotopic (exact) mass is 238 g/mol. The summed E-state index contributed by atoms with van der Waals surface area (Å²) in [6.07, 6.45) is 5.20. The van der Waals surface area contributed by atoms with Gasteiger partial charge in [-0.25, -0.2) is 4.79 Å². The first-order valence-corrected chi connectivity index (χ1v) is 5.63. The molecule has 0 fully saturated rings. The molecular formula is C14H10N2O2. The van der Waals surface area contributed by atoms with E-state index in [0.717, 1.165) is 0 Å². The summed E-state index contributed by atoms with van der Waals surface area (Å²) in [5, 5.41) is 2.61. The summed E-state index contributed by atoms with van der Waals surface area (Å²) in [4.78, 5) is 27.1. The molecule has 1 N–H and O–H groups in total. The first-order chi connectivity index (χ1) is 8.74. The highest BCUT2D eigenvalue weighted by Crippen LogP contribution is 2.20. The van der Waals surface area contributed by atoms with E-state index < -0.39 is 0 Å². The van der Waals surface area contributed by atoms with E-state index in [1.54, 1.807) is 30.4 Å². The molecule has 0 saturated heterocycles. The lowest BCUT2D eigenvalue weighted by molar-refractivity contribution is 0.0964. The van der Waals surface area contributed by atoms with Crippen LogP contribution >= 0.6 is 0 Å². The third-order valence-corrected chi connectivity index (χ3v) is 2.91. The van der Waals surface area contributed by atoms with Crippen molar-refractivity contribution in [2.45, 2.75) is 0 Å². The van der Waals surface area contributed by atoms with Crippen LogP contribution in [0.3, 0.4) is 0 Å². The molecule has 0 spiro atoms. The van der Waals surface area contributed by atoms with Gasteiger partial charge < -0.3 is 5.32 Å². The number of allylic oxidation sites excluding steroid dienone is 3. The average Bonchev–Trinajstić information content (AvgIpc) is 2.78. The third kappa shape index (κ3) is 1.78. The maximum Gasteiger partial charge on any atom is 0.346 e. The van der Waals surface area contributed by atoms with Gasteiger partial charge in [0.1, 0.15) is 0 Å². The van der Waals surface area contributed by atoms with Gasteiger partial charge in [-0.1, -0.05) is 36.4 Å². The molecule has 1 heterocycles. The Bertz CT molecular complexity index is 612. The Hall–Kier alpha value is -2.49. The summed E-state index contributed by atoms with van der Waals surface area (Å²) >= 11 is 0. The van der Waals surface area contributed by atoms with Gasteiger partial charge in [0.2, 0.25) is 0 Å². The molecule has 1 atom stereocenters. The number of amides is 2. The zero-order chi connectivity index (χ0) is 12.5. The van der Waals surface area contributed by atoms with E-state index >= 15 is 0 Å². The summed E-state index contributed by atoms with van der Waals surface area (Å²) in [7, 11) is 0. The Labute approximate surface area is 104 Å². The fourth-order valence-corrected chi connectivity index (χ4v) is 2.02. The van der Waals surface area contributed by atoms with Gasteiger partial charge in [-0.05, 0) is 12.2 Å². The molecule has 1 aromatic carbocycles. The van der Waals surface area contributed by atoms with E-state index in [4.69, 9.17) is 0 Å². The predicted octanol–water partition coefficient (Wildman–Crippen LogP) is 2.10. The van der Waals surface area contributed by atoms with Crippen LogP contribution in [0, 0.1) is 5.92 Å². The Kier molecular flexibility index (Phi) is 2.41. The molecule has 0 bridgehead atoms. The van der Waals surface area contributed by atoms with Gasteiger partial charge in [-0.2, -0.15) is 4.99 Å². The fourth-order valence-electron chi connectivity index (χ4n) is 2.02. The molecule has 0 saturated carbocycles. The summed E-state index contributed by atoms with van der Waals surface area (Å²) in [5.74, 6) is -0.334. The van der Waals surface area contributed by atoms with Crippen molar-refractivity contribution in [1.82, 2.24) is 5.32 Å². The standard InChI is InChI=1S/C14H10N2O2/c17-13(9-4-2-1-3-5-9)10-6-7-11-12(8-10)16-14(18)15-11/h1-8,10H,(H,16,18). The smallest absolute Gasteiger partial charge is 0.304 e. The van der Waals surface area contributed by atoms with Crippen LogP contribution in [0.25, 0.3) is 0 Å². The van der Waals surface area contributed by atoms with E-state index in [1.807, 2.05) is 18.2 Å². The molecule has 1 aliphatic carbocycles. The maximum atomic E-state index is 12.2. The van der Waals surface area contributed by atoms with Gasteiger partial charge >= 0.3 is 6.03 Å². The Morgan fingerprint density at radius 2 is 2.00 bits per heavy atom. The largest absolute Gasteiger partial charge is 0.346 e. The van der Waals surface area contributed by atoms with Crippen molar-refractivity contribution in [3.63, 3.8) is 0 Å². The van der Waals surface area contributed by atoms with Crippen LogP contribution in [0.1, 0.15) is 10.4 Å². The number of benzene rings is 1. The topological polar surface area (TPSA) is 58.5 Å². The number of nitrogens with one attached hydrogen (secondary N) is 1. The first-order valence-electron chi connectivity index (χ1n) is 5.63. The molecule has 4 heteroatoms. The van der Waals surface area contributed by atoms with E-state index in [-0.39, 0.29) is 17.7 Å². The molecule has 2 amide bonds. The van der Waals surface area contributed by atoms with Crippen LogP contribution in [0.2, 0.25) is 0 Å². The second-order valence-corrected chi connectivity index (χ2v) is 4.12. The molecule has 4 nitrogen and oxygen atoms in total. The zero-order valence-electron chi connectivity index (χ0n) is 9.46. The van der Waals surface area contributed by atoms with Gasteiger partial charge in [0.05, 0.1) is 17.3 Å². The first kappa shape index (κ1) is 10.7. The van der Waals surface area contributed by atoms with Gasteiger partial charge in [-0.15, -0.1) is 0 Å². The van der Waals surface area contributed by atoms with Crippen LogP contribution in [0.4, 0.5) is 4.79 Å². The second-order valence-electron chi connectivity index (χ2n) is 4.12. The third-order valence-electron chi connectivity index (χ3n) is 2.91. The van der Waals surface area contributed by atoms with Crippen molar-refractivity contribution in [3.05, 3.63) is 59.8 Å². The van der Waals surface area contributed by atoms with Crippen molar-refractivity contribution in [2.75, 3.05) is 0 Å². The summed E-state index contributed by atoms with van der Waals surface area (Å²) < 4.78 is 0. The van der Waals surface area contributed by atoms with Gasteiger partial charge in [0.25, 0.3) is 0 Å². The lowest BCUT2D eigenvalue weighted by Crippen LogP contribution is -2.21. The summed E-state index contributed by atoms with van der Waals surface area (Å²) in [6.45, 7) is 0. The quantitative estimate of drug-likeness (QED) is 0.802. The van der Waals surface area contributed by atoms with Crippen molar-refractivity contribution in [3.8, 4) is 0 Å². The number of urea groups is 1. The van der Waals surface area contributed by atoms with Gasteiger partial charge in [0.15, 0.2) is 5.78 Å². The van der Waals surface area contributed by atoms with Crippen molar-refractivity contribution in [2.24, 2.45) is 10.9 Å². The minimum absolute atomic E-state index is 0.0135. The molecule has 0 radical (unpaired) electrons. The van der Waals surface area contributed by atoms with Crippen LogP contribution < -0.4 is 5.32 Å². The normalized spacial score (nSPS) is 20.9. The minimum atomic E-state index is -0.381. The SMILES string of the molecule is O=C1N=C2C=CC(C(=O)c3ccccc3)C=C2N1. The van der Waals surface area contributed by atoms with Gasteiger partial charge in [0, 0.05) is 5.56 Å². The molecule has 18 heavy (non-hydrogen) atoms. The number of fused-ring (bicyclic) bond motifs is 1.